The van der Waals surface area contributed by atoms with Gasteiger partial charge in [-0.25, -0.2) is 12.8 Å². The number of sulfone groups is 1. The highest BCUT2D eigenvalue weighted by Crippen LogP contribution is 2.32. The third-order valence-electron chi connectivity index (χ3n) is 5.57. The predicted octanol–water partition coefficient (Wildman–Crippen LogP) is 4.78. The molecule has 2 aromatic carbocycles. The number of nitrogens with zero attached hydrogens (tertiary/aromatic N) is 2. The standard InChI is InChI=1S/C24H20F4N2O4S/c1-14(24(26,27)28)34-22-10-8-18(35(2,32)33)11-19(22)23(31)30-12-16-5-9-20(29-21(16)13-30)15-3-6-17(25)7-4-15/h3-11,14H,12-13H2,1-2H3/t14-/m0/s1. The lowest BCUT2D eigenvalue weighted by Gasteiger charge is -2.22. The van der Waals surface area contributed by atoms with E-state index in [0.29, 0.717) is 17.0 Å². The number of halogens is 4. The van der Waals surface area contributed by atoms with Crippen LogP contribution >= 0.6 is 0 Å². The van der Waals surface area contributed by atoms with Crippen LogP contribution in [-0.4, -0.2) is 42.7 Å². The number of amides is 1. The Morgan fingerprint density at radius 1 is 1.06 bits per heavy atom. The number of carbonyl (C=O) groups is 1. The van der Waals surface area contributed by atoms with E-state index in [1.54, 1.807) is 24.3 Å². The van der Waals surface area contributed by atoms with Crippen molar-refractivity contribution in [3.63, 3.8) is 0 Å². The number of fused-ring (bicyclic) bond motifs is 1. The molecule has 1 atom stereocenters. The number of carbonyl (C=O) groups excluding carboxylic acids is 1. The van der Waals surface area contributed by atoms with E-state index in [0.717, 1.165) is 36.9 Å². The van der Waals surface area contributed by atoms with Crippen LogP contribution in [0.5, 0.6) is 5.75 Å². The predicted molar refractivity (Wildman–Crippen MR) is 119 cm³/mol. The number of pyridine rings is 1. The molecule has 0 fully saturated rings. The maximum absolute atomic E-state index is 13.3. The first-order valence-corrected chi connectivity index (χ1v) is 12.3. The number of rotatable bonds is 5. The second-order valence-corrected chi connectivity index (χ2v) is 10.2. The first kappa shape index (κ1) is 24.6. The minimum Gasteiger partial charge on any atom is -0.480 e. The van der Waals surface area contributed by atoms with E-state index in [1.807, 2.05) is 0 Å². The van der Waals surface area contributed by atoms with E-state index in [1.165, 1.54) is 17.0 Å². The molecule has 6 nitrogen and oxygen atoms in total. The van der Waals surface area contributed by atoms with Gasteiger partial charge >= 0.3 is 6.18 Å². The van der Waals surface area contributed by atoms with Gasteiger partial charge in [-0.3, -0.25) is 9.78 Å². The van der Waals surface area contributed by atoms with Crippen LogP contribution in [0, 0.1) is 5.82 Å². The highest BCUT2D eigenvalue weighted by molar-refractivity contribution is 7.90. The zero-order valence-electron chi connectivity index (χ0n) is 18.6. The number of hydrogen-bond acceptors (Lipinski definition) is 5. The Hall–Kier alpha value is -3.47. The largest absolute Gasteiger partial charge is 0.480 e. The van der Waals surface area contributed by atoms with Gasteiger partial charge in [0, 0.05) is 18.4 Å². The molecule has 2 heterocycles. The van der Waals surface area contributed by atoms with Gasteiger partial charge in [0.25, 0.3) is 5.91 Å². The van der Waals surface area contributed by atoms with Gasteiger partial charge in [0.15, 0.2) is 15.9 Å². The van der Waals surface area contributed by atoms with Gasteiger partial charge in [-0.05, 0) is 61.0 Å². The third kappa shape index (κ3) is 5.29. The topological polar surface area (TPSA) is 76.6 Å². The van der Waals surface area contributed by atoms with Crippen molar-refractivity contribution in [1.29, 1.82) is 0 Å². The highest BCUT2D eigenvalue weighted by atomic mass is 32.2. The molecule has 0 radical (unpaired) electrons. The van der Waals surface area contributed by atoms with E-state index >= 15 is 0 Å². The number of hydrogen-bond donors (Lipinski definition) is 0. The summed E-state index contributed by atoms with van der Waals surface area (Å²) in [6.07, 6.45) is -5.96. The summed E-state index contributed by atoms with van der Waals surface area (Å²) in [6.45, 7) is 0.980. The fourth-order valence-electron chi connectivity index (χ4n) is 3.62. The summed E-state index contributed by atoms with van der Waals surface area (Å²) in [5.41, 5.74) is 2.26. The van der Waals surface area contributed by atoms with Crippen LogP contribution in [0.4, 0.5) is 17.6 Å². The van der Waals surface area contributed by atoms with E-state index in [9.17, 15) is 30.8 Å². The fourth-order valence-corrected chi connectivity index (χ4v) is 4.26. The summed E-state index contributed by atoms with van der Waals surface area (Å²) in [5.74, 6) is -1.45. The molecule has 1 aromatic heterocycles. The van der Waals surface area contributed by atoms with Crippen LogP contribution in [0.1, 0.15) is 28.5 Å². The molecule has 1 amide bonds. The lowest BCUT2D eigenvalue weighted by atomic mass is 10.1. The molecule has 0 bridgehead atoms. The smallest absolute Gasteiger partial charge is 0.425 e. The minimum atomic E-state index is -4.68. The summed E-state index contributed by atoms with van der Waals surface area (Å²) in [5, 5.41) is 0. The number of alkyl halides is 3. The van der Waals surface area contributed by atoms with Crippen molar-refractivity contribution < 1.29 is 35.5 Å². The highest BCUT2D eigenvalue weighted by Gasteiger charge is 2.39. The Morgan fingerprint density at radius 3 is 2.37 bits per heavy atom. The molecular formula is C24H20F4N2O4S. The van der Waals surface area contributed by atoms with E-state index < -0.39 is 28.0 Å². The molecular weight excluding hydrogens is 488 g/mol. The lowest BCUT2D eigenvalue weighted by Crippen LogP contribution is -2.32. The first-order chi connectivity index (χ1) is 16.3. The van der Waals surface area contributed by atoms with E-state index in [-0.39, 0.29) is 35.1 Å². The zero-order valence-corrected chi connectivity index (χ0v) is 19.5. The van der Waals surface area contributed by atoms with Crippen LogP contribution in [0.2, 0.25) is 0 Å². The van der Waals surface area contributed by atoms with Crippen LogP contribution < -0.4 is 4.74 Å². The summed E-state index contributed by atoms with van der Waals surface area (Å²) < 4.78 is 81.5. The minimum absolute atomic E-state index is 0.0561. The Balaban J connectivity index is 1.65. The molecule has 0 aliphatic carbocycles. The van der Waals surface area contributed by atoms with Gasteiger partial charge in [-0.1, -0.05) is 6.07 Å². The van der Waals surface area contributed by atoms with Crippen LogP contribution in [0.15, 0.2) is 59.5 Å². The molecule has 0 unspecified atom stereocenters. The summed E-state index contributed by atoms with van der Waals surface area (Å²) in [6, 6.07) is 12.4. The molecule has 184 valence electrons. The fraction of sp³-hybridized carbons (Fsp3) is 0.250. The number of aromatic nitrogens is 1. The average molecular weight is 508 g/mol. The average Bonchev–Trinajstić information content (AvgIpc) is 3.21. The molecule has 0 N–H and O–H groups in total. The van der Waals surface area contributed by atoms with Crippen molar-refractivity contribution in [3.05, 3.63) is 77.2 Å². The molecule has 3 aromatic rings. The van der Waals surface area contributed by atoms with Crippen molar-refractivity contribution in [2.45, 2.75) is 37.2 Å². The van der Waals surface area contributed by atoms with Gasteiger partial charge in [-0.2, -0.15) is 13.2 Å². The second-order valence-electron chi connectivity index (χ2n) is 8.20. The van der Waals surface area contributed by atoms with E-state index in [4.69, 9.17) is 4.74 Å². The Morgan fingerprint density at radius 2 is 1.74 bits per heavy atom. The normalized spacial score (nSPS) is 14.5. The Kier molecular flexibility index (Phi) is 6.31. The SMILES string of the molecule is C[C@H](Oc1ccc(S(C)(=O)=O)cc1C(=O)N1Cc2ccc(-c3ccc(F)cc3)nc2C1)C(F)(F)F. The van der Waals surface area contributed by atoms with Gasteiger partial charge in [-0.15, -0.1) is 0 Å². The number of benzene rings is 2. The third-order valence-corrected chi connectivity index (χ3v) is 6.68. The Bertz CT molecular complexity index is 1390. The zero-order chi connectivity index (χ0) is 25.5. The first-order valence-electron chi connectivity index (χ1n) is 10.4. The molecule has 0 saturated carbocycles. The lowest BCUT2D eigenvalue weighted by molar-refractivity contribution is -0.189. The molecule has 1 aliphatic rings. The van der Waals surface area contributed by atoms with Gasteiger partial charge in [0.05, 0.1) is 28.4 Å². The Labute approximate surface area is 199 Å². The van der Waals surface area contributed by atoms with E-state index in [2.05, 4.69) is 4.98 Å². The summed E-state index contributed by atoms with van der Waals surface area (Å²) in [7, 11) is -3.74. The summed E-state index contributed by atoms with van der Waals surface area (Å²) in [4.78, 5) is 19.0. The van der Waals surface area contributed by atoms with Crippen molar-refractivity contribution >= 4 is 15.7 Å². The molecule has 11 heteroatoms. The molecule has 0 spiro atoms. The second kappa shape index (κ2) is 8.95. The quantitative estimate of drug-likeness (QED) is 0.464. The van der Waals surface area contributed by atoms with Gasteiger partial charge in [0.1, 0.15) is 11.6 Å². The number of ether oxygens (including phenoxy) is 1. The van der Waals surface area contributed by atoms with Crippen LogP contribution in [0.25, 0.3) is 11.3 Å². The molecule has 35 heavy (non-hydrogen) atoms. The maximum Gasteiger partial charge on any atom is 0.425 e. The van der Waals surface area contributed by atoms with Crippen LogP contribution in [0.3, 0.4) is 0 Å². The van der Waals surface area contributed by atoms with Gasteiger partial charge < -0.3 is 9.64 Å². The summed E-state index contributed by atoms with van der Waals surface area (Å²) >= 11 is 0. The van der Waals surface area contributed by atoms with Crippen molar-refractivity contribution in [3.8, 4) is 17.0 Å². The van der Waals surface area contributed by atoms with Crippen molar-refractivity contribution in [2.75, 3.05) is 6.26 Å². The van der Waals surface area contributed by atoms with Crippen molar-refractivity contribution in [2.24, 2.45) is 0 Å². The molecule has 0 saturated heterocycles. The van der Waals surface area contributed by atoms with Crippen molar-refractivity contribution in [1.82, 2.24) is 9.88 Å². The van der Waals surface area contributed by atoms with Gasteiger partial charge in [0.2, 0.25) is 0 Å². The molecule has 1 aliphatic heterocycles. The monoisotopic (exact) mass is 508 g/mol. The molecule has 4 rings (SSSR count). The maximum atomic E-state index is 13.3. The van der Waals surface area contributed by atoms with Crippen LogP contribution in [-0.2, 0) is 22.9 Å².